The van der Waals surface area contributed by atoms with E-state index in [0.29, 0.717) is 19.1 Å². The maximum Gasteiger partial charge on any atom is 0.236 e. The summed E-state index contributed by atoms with van der Waals surface area (Å²) in [5.41, 5.74) is 0.780. The van der Waals surface area contributed by atoms with Crippen LogP contribution in [0.3, 0.4) is 0 Å². The van der Waals surface area contributed by atoms with Crippen LogP contribution in [0.25, 0.3) is 0 Å². The average Bonchev–Trinajstić information content (AvgIpc) is 2.70. The highest BCUT2D eigenvalue weighted by Crippen LogP contribution is 2.04. The summed E-state index contributed by atoms with van der Waals surface area (Å²) < 4.78 is 4.96. The molecule has 1 aromatic heterocycles. The molecule has 0 aliphatic heterocycles. The lowest BCUT2D eigenvalue weighted by Gasteiger charge is -2.17. The van der Waals surface area contributed by atoms with E-state index in [4.69, 9.17) is 4.52 Å². The fourth-order valence-electron chi connectivity index (χ4n) is 1.36. The van der Waals surface area contributed by atoms with E-state index in [2.05, 4.69) is 24.3 Å². The second-order valence-corrected chi connectivity index (χ2v) is 4.37. The molecule has 96 valence electrons. The minimum Gasteiger partial charge on any atom is -0.361 e. The topological polar surface area (TPSA) is 58.4 Å². The molecule has 0 saturated heterocycles. The van der Waals surface area contributed by atoms with E-state index < -0.39 is 0 Å². The molecule has 1 heterocycles. The van der Waals surface area contributed by atoms with Crippen LogP contribution in [0.2, 0.25) is 0 Å². The van der Waals surface area contributed by atoms with E-state index in [1.54, 1.807) is 11.9 Å². The molecule has 0 spiro atoms. The van der Waals surface area contributed by atoms with Crippen LogP contribution in [0.4, 0.5) is 0 Å². The molecule has 1 N–H and O–H groups in total. The van der Waals surface area contributed by atoms with E-state index in [-0.39, 0.29) is 5.91 Å². The predicted molar refractivity (Wildman–Crippen MR) is 65.5 cm³/mol. The van der Waals surface area contributed by atoms with Gasteiger partial charge in [-0.15, -0.1) is 0 Å². The molecule has 0 saturated carbocycles. The standard InChI is InChI=1S/C12H21N3O2/c1-5-9(2)13-7-12(16)15(4)8-11-6-10(3)17-14-11/h6,9,13H,5,7-8H2,1-4H3. The Hall–Kier alpha value is -1.36. The third-order valence-corrected chi connectivity index (χ3v) is 2.72. The largest absolute Gasteiger partial charge is 0.361 e. The van der Waals surface area contributed by atoms with E-state index in [1.165, 1.54) is 0 Å². The number of carbonyl (C=O) groups excluding carboxylic acids is 1. The first-order valence-corrected chi connectivity index (χ1v) is 5.92. The van der Waals surface area contributed by atoms with Gasteiger partial charge in [-0.2, -0.15) is 0 Å². The Kier molecular flexibility index (Phi) is 5.15. The Morgan fingerprint density at radius 3 is 2.88 bits per heavy atom. The highest BCUT2D eigenvalue weighted by Gasteiger charge is 2.12. The van der Waals surface area contributed by atoms with Gasteiger partial charge >= 0.3 is 0 Å². The van der Waals surface area contributed by atoms with Crippen LogP contribution in [0, 0.1) is 6.92 Å². The Labute approximate surface area is 102 Å². The van der Waals surface area contributed by atoms with E-state index in [1.807, 2.05) is 13.0 Å². The molecule has 1 atom stereocenters. The zero-order valence-corrected chi connectivity index (χ0v) is 11.0. The number of hydrogen-bond acceptors (Lipinski definition) is 4. The predicted octanol–water partition coefficient (Wildman–Crippen LogP) is 1.33. The van der Waals surface area contributed by atoms with Crippen molar-refractivity contribution in [1.29, 1.82) is 0 Å². The van der Waals surface area contributed by atoms with Crippen molar-refractivity contribution in [1.82, 2.24) is 15.4 Å². The van der Waals surface area contributed by atoms with Gasteiger partial charge in [0.2, 0.25) is 5.91 Å². The molecule has 17 heavy (non-hydrogen) atoms. The summed E-state index contributed by atoms with van der Waals surface area (Å²) in [7, 11) is 1.77. The summed E-state index contributed by atoms with van der Waals surface area (Å²) in [6.07, 6.45) is 1.01. The van der Waals surface area contributed by atoms with Crippen LogP contribution < -0.4 is 5.32 Å². The molecular weight excluding hydrogens is 218 g/mol. The summed E-state index contributed by atoms with van der Waals surface area (Å²) in [5.74, 6) is 0.824. The molecule has 0 aliphatic carbocycles. The van der Waals surface area contributed by atoms with Crippen LogP contribution in [-0.4, -0.2) is 35.6 Å². The SMILES string of the molecule is CCC(C)NCC(=O)N(C)Cc1cc(C)on1. The van der Waals surface area contributed by atoms with Gasteiger partial charge in [0.15, 0.2) is 0 Å². The first-order chi connectivity index (χ1) is 8.02. The third-order valence-electron chi connectivity index (χ3n) is 2.72. The van der Waals surface area contributed by atoms with Crippen LogP contribution in [-0.2, 0) is 11.3 Å². The Bertz CT molecular complexity index is 362. The molecule has 0 fully saturated rings. The van der Waals surface area contributed by atoms with Crippen molar-refractivity contribution in [2.75, 3.05) is 13.6 Å². The molecule has 0 aliphatic rings. The highest BCUT2D eigenvalue weighted by molar-refractivity contribution is 5.77. The fraction of sp³-hybridized carbons (Fsp3) is 0.667. The highest BCUT2D eigenvalue weighted by atomic mass is 16.5. The number of carbonyl (C=O) groups is 1. The number of rotatable bonds is 6. The van der Waals surface area contributed by atoms with Crippen molar-refractivity contribution in [2.45, 2.75) is 39.8 Å². The lowest BCUT2D eigenvalue weighted by atomic mass is 10.2. The van der Waals surface area contributed by atoms with Crippen molar-refractivity contribution in [3.63, 3.8) is 0 Å². The number of aryl methyl sites for hydroxylation is 1. The third kappa shape index (κ3) is 4.56. The van der Waals surface area contributed by atoms with Gasteiger partial charge in [-0.25, -0.2) is 0 Å². The van der Waals surface area contributed by atoms with Crippen molar-refractivity contribution in [2.24, 2.45) is 0 Å². The first kappa shape index (κ1) is 13.7. The number of hydrogen-bond donors (Lipinski definition) is 1. The Morgan fingerprint density at radius 1 is 1.65 bits per heavy atom. The summed E-state index contributed by atoms with van der Waals surface area (Å²) >= 11 is 0. The maximum atomic E-state index is 11.8. The van der Waals surface area contributed by atoms with Crippen LogP contribution in [0.1, 0.15) is 31.7 Å². The molecular formula is C12H21N3O2. The molecule has 1 aromatic rings. The molecule has 0 aromatic carbocycles. The molecule has 1 amide bonds. The Balaban J connectivity index is 2.36. The zero-order chi connectivity index (χ0) is 12.8. The smallest absolute Gasteiger partial charge is 0.236 e. The first-order valence-electron chi connectivity index (χ1n) is 5.92. The van der Waals surface area contributed by atoms with Crippen molar-refractivity contribution in [3.8, 4) is 0 Å². The van der Waals surface area contributed by atoms with Gasteiger partial charge in [-0.1, -0.05) is 12.1 Å². The van der Waals surface area contributed by atoms with Gasteiger partial charge in [0.1, 0.15) is 11.5 Å². The van der Waals surface area contributed by atoms with E-state index >= 15 is 0 Å². The quantitative estimate of drug-likeness (QED) is 0.813. The van der Waals surface area contributed by atoms with Crippen molar-refractivity contribution >= 4 is 5.91 Å². The minimum absolute atomic E-state index is 0.0611. The molecule has 5 heteroatoms. The molecule has 0 radical (unpaired) electrons. The normalized spacial score (nSPS) is 12.5. The summed E-state index contributed by atoms with van der Waals surface area (Å²) in [6, 6.07) is 2.20. The van der Waals surface area contributed by atoms with Crippen LogP contribution >= 0.6 is 0 Å². The number of aromatic nitrogens is 1. The molecule has 0 bridgehead atoms. The van der Waals surface area contributed by atoms with Crippen molar-refractivity contribution < 1.29 is 9.32 Å². The monoisotopic (exact) mass is 239 g/mol. The van der Waals surface area contributed by atoms with Crippen LogP contribution in [0.5, 0.6) is 0 Å². The minimum atomic E-state index is 0.0611. The second kappa shape index (κ2) is 6.39. The van der Waals surface area contributed by atoms with Gasteiger partial charge in [0.05, 0.1) is 13.1 Å². The molecule has 5 nitrogen and oxygen atoms in total. The van der Waals surface area contributed by atoms with E-state index in [0.717, 1.165) is 17.9 Å². The maximum absolute atomic E-state index is 11.8. The molecule has 1 rings (SSSR count). The number of nitrogens with zero attached hydrogens (tertiary/aromatic N) is 2. The lowest BCUT2D eigenvalue weighted by molar-refractivity contribution is -0.129. The van der Waals surface area contributed by atoms with Gasteiger partial charge in [0.25, 0.3) is 0 Å². The van der Waals surface area contributed by atoms with E-state index in [9.17, 15) is 4.79 Å². The summed E-state index contributed by atoms with van der Waals surface area (Å²) in [6.45, 7) is 6.84. The number of nitrogens with one attached hydrogen (secondary N) is 1. The average molecular weight is 239 g/mol. The van der Waals surface area contributed by atoms with Crippen LogP contribution in [0.15, 0.2) is 10.6 Å². The lowest BCUT2D eigenvalue weighted by Crippen LogP contribution is -2.38. The second-order valence-electron chi connectivity index (χ2n) is 4.37. The van der Waals surface area contributed by atoms with Gasteiger partial charge in [0, 0.05) is 19.2 Å². The Morgan fingerprint density at radius 2 is 2.35 bits per heavy atom. The van der Waals surface area contributed by atoms with Gasteiger partial charge in [-0.3, -0.25) is 4.79 Å². The van der Waals surface area contributed by atoms with Gasteiger partial charge < -0.3 is 14.7 Å². The van der Waals surface area contributed by atoms with Gasteiger partial charge in [-0.05, 0) is 20.3 Å². The van der Waals surface area contributed by atoms with Crippen molar-refractivity contribution in [3.05, 3.63) is 17.5 Å². The molecule has 1 unspecified atom stereocenters. The zero-order valence-electron chi connectivity index (χ0n) is 11.0. The number of likely N-dealkylation sites (N-methyl/N-ethyl adjacent to an activating group) is 1. The fourth-order valence-corrected chi connectivity index (χ4v) is 1.36. The summed E-state index contributed by atoms with van der Waals surface area (Å²) in [5, 5.41) is 7.03. The number of amides is 1. The summed E-state index contributed by atoms with van der Waals surface area (Å²) in [4.78, 5) is 13.4.